The molecule has 1 aromatic heterocycles. The van der Waals surface area contributed by atoms with Crippen molar-refractivity contribution in [2.45, 2.75) is 19.4 Å². The van der Waals surface area contributed by atoms with Crippen molar-refractivity contribution in [1.82, 2.24) is 9.88 Å². The van der Waals surface area contributed by atoms with Gasteiger partial charge >= 0.3 is 0 Å². The lowest BCUT2D eigenvalue weighted by atomic mass is 9.99. The lowest BCUT2D eigenvalue weighted by Gasteiger charge is -2.36. The van der Waals surface area contributed by atoms with Gasteiger partial charge in [-0.25, -0.2) is 4.39 Å². The zero-order valence-electron chi connectivity index (χ0n) is 17.7. The van der Waals surface area contributed by atoms with Crippen LogP contribution in [0.25, 0.3) is 10.9 Å². The quantitative estimate of drug-likeness (QED) is 0.675. The number of methoxy groups -OCH3 is 1. The zero-order chi connectivity index (χ0) is 21.4. The standard InChI is InChI=1S/C24H27FN4O2/c1-31-21-14-16(13-20-22(21)23-19(24(30)27-20)3-2-8-26-23)15-28-9-11-29(12-10-28)18-6-4-17(25)5-7-18/h4-7,13-14,26H,2-3,8-12,15H2,1H3,(H,27,30). The van der Waals surface area contributed by atoms with Gasteiger partial charge in [0.15, 0.2) is 0 Å². The summed E-state index contributed by atoms with van der Waals surface area (Å²) >= 11 is 0. The number of fused-ring (bicyclic) bond motifs is 3. The average molecular weight is 423 g/mol. The Kier molecular flexibility index (Phi) is 5.28. The summed E-state index contributed by atoms with van der Waals surface area (Å²) in [5, 5.41) is 4.37. The fourth-order valence-corrected chi connectivity index (χ4v) is 4.73. The van der Waals surface area contributed by atoms with Crippen LogP contribution in [0.2, 0.25) is 0 Å². The topological polar surface area (TPSA) is 60.6 Å². The predicted octanol–water partition coefficient (Wildman–Crippen LogP) is 3.36. The van der Waals surface area contributed by atoms with E-state index in [4.69, 9.17) is 4.74 Å². The van der Waals surface area contributed by atoms with E-state index in [1.165, 1.54) is 12.1 Å². The van der Waals surface area contributed by atoms with Crippen LogP contribution < -0.4 is 20.5 Å². The van der Waals surface area contributed by atoms with E-state index in [1.807, 2.05) is 12.1 Å². The van der Waals surface area contributed by atoms with Crippen LogP contribution in [0, 0.1) is 5.82 Å². The van der Waals surface area contributed by atoms with Crippen LogP contribution in [0.15, 0.2) is 41.2 Å². The third-order valence-corrected chi connectivity index (χ3v) is 6.33. The van der Waals surface area contributed by atoms with Crippen molar-refractivity contribution in [3.05, 3.63) is 63.7 Å². The second-order valence-corrected chi connectivity index (χ2v) is 8.30. The molecule has 3 heterocycles. The third kappa shape index (κ3) is 3.85. The van der Waals surface area contributed by atoms with Gasteiger partial charge in [-0.3, -0.25) is 9.69 Å². The van der Waals surface area contributed by atoms with E-state index in [0.29, 0.717) is 0 Å². The van der Waals surface area contributed by atoms with Crippen LogP contribution in [-0.2, 0) is 13.0 Å². The van der Waals surface area contributed by atoms with Gasteiger partial charge in [0.25, 0.3) is 5.56 Å². The summed E-state index contributed by atoms with van der Waals surface area (Å²) in [6.45, 7) is 5.28. The number of ether oxygens (including phenoxy) is 1. The van der Waals surface area contributed by atoms with Gasteiger partial charge in [0.2, 0.25) is 0 Å². The Hall–Kier alpha value is -3.06. The highest BCUT2D eigenvalue weighted by Crippen LogP contribution is 2.35. The zero-order valence-corrected chi connectivity index (χ0v) is 17.7. The maximum Gasteiger partial charge on any atom is 0.253 e. The number of H-pyrrole nitrogens is 1. The van der Waals surface area contributed by atoms with Crippen molar-refractivity contribution >= 4 is 22.3 Å². The number of halogens is 1. The lowest BCUT2D eigenvalue weighted by Crippen LogP contribution is -2.45. The SMILES string of the molecule is COc1cc(CN2CCN(c3ccc(F)cc3)CC2)cc2[nH]c(=O)c3c(c12)NCCC3. The van der Waals surface area contributed by atoms with Crippen LogP contribution in [-0.4, -0.2) is 49.7 Å². The number of nitrogens with zero attached hydrogens (tertiary/aromatic N) is 2. The second kappa shape index (κ2) is 8.23. The second-order valence-electron chi connectivity index (χ2n) is 8.30. The van der Waals surface area contributed by atoms with Gasteiger partial charge in [0.05, 0.1) is 23.7 Å². The summed E-state index contributed by atoms with van der Waals surface area (Å²) in [4.78, 5) is 20.3. The number of hydrogen-bond acceptors (Lipinski definition) is 5. The molecule has 5 rings (SSSR count). The third-order valence-electron chi connectivity index (χ3n) is 6.33. The number of pyridine rings is 1. The Bertz CT molecular complexity index is 1150. The summed E-state index contributed by atoms with van der Waals surface area (Å²) < 4.78 is 18.9. The minimum atomic E-state index is -0.206. The smallest absolute Gasteiger partial charge is 0.253 e. The summed E-state index contributed by atoms with van der Waals surface area (Å²) in [6, 6.07) is 10.9. The summed E-state index contributed by atoms with van der Waals surface area (Å²) in [5.74, 6) is 0.585. The first kappa shape index (κ1) is 19.9. The molecule has 162 valence electrons. The Balaban J connectivity index is 1.36. The Labute approximate surface area is 180 Å². The van der Waals surface area contributed by atoms with Gasteiger partial charge in [-0.2, -0.15) is 0 Å². The maximum absolute atomic E-state index is 13.2. The first-order valence-electron chi connectivity index (χ1n) is 10.8. The predicted molar refractivity (Wildman–Crippen MR) is 122 cm³/mol. The molecule has 0 saturated carbocycles. The number of aromatic amines is 1. The molecule has 31 heavy (non-hydrogen) atoms. The highest BCUT2D eigenvalue weighted by molar-refractivity contribution is 5.98. The van der Waals surface area contributed by atoms with Crippen LogP contribution >= 0.6 is 0 Å². The van der Waals surface area contributed by atoms with Gasteiger partial charge in [0, 0.05) is 50.5 Å². The van der Waals surface area contributed by atoms with Crippen molar-refractivity contribution in [1.29, 1.82) is 0 Å². The normalized spacial score (nSPS) is 16.8. The molecule has 0 radical (unpaired) electrons. The molecule has 0 aliphatic carbocycles. The molecule has 0 amide bonds. The molecule has 2 aliphatic rings. The lowest BCUT2D eigenvalue weighted by molar-refractivity contribution is 0.249. The van der Waals surface area contributed by atoms with Crippen LogP contribution in [0.3, 0.4) is 0 Å². The van der Waals surface area contributed by atoms with Gasteiger partial charge in [-0.1, -0.05) is 0 Å². The molecular weight excluding hydrogens is 395 g/mol. The number of rotatable bonds is 4. The van der Waals surface area contributed by atoms with E-state index >= 15 is 0 Å². The molecule has 0 bridgehead atoms. The van der Waals surface area contributed by atoms with Crippen molar-refractivity contribution in [3.8, 4) is 5.75 Å². The molecule has 2 aromatic carbocycles. The number of anilines is 2. The molecule has 3 aromatic rings. The molecule has 7 heteroatoms. The van der Waals surface area contributed by atoms with Gasteiger partial charge in [-0.05, 0) is 54.8 Å². The molecule has 2 aliphatic heterocycles. The highest BCUT2D eigenvalue weighted by Gasteiger charge is 2.21. The first-order chi connectivity index (χ1) is 15.1. The van der Waals surface area contributed by atoms with Crippen molar-refractivity contribution in [3.63, 3.8) is 0 Å². The number of hydrogen-bond donors (Lipinski definition) is 2. The molecule has 6 nitrogen and oxygen atoms in total. The van der Waals surface area contributed by atoms with Gasteiger partial charge in [-0.15, -0.1) is 0 Å². The van der Waals surface area contributed by atoms with E-state index in [2.05, 4.69) is 32.2 Å². The number of piperazine rings is 1. The van der Waals surface area contributed by atoms with E-state index in [1.54, 1.807) is 7.11 Å². The number of benzene rings is 2. The molecule has 1 fully saturated rings. The number of nitrogens with one attached hydrogen (secondary N) is 2. The first-order valence-corrected chi connectivity index (χ1v) is 10.8. The Morgan fingerprint density at radius 1 is 1.10 bits per heavy atom. The largest absolute Gasteiger partial charge is 0.496 e. The van der Waals surface area contributed by atoms with E-state index in [-0.39, 0.29) is 11.4 Å². The van der Waals surface area contributed by atoms with Crippen LogP contribution in [0.5, 0.6) is 5.75 Å². The summed E-state index contributed by atoms with van der Waals surface area (Å²) in [6.07, 6.45) is 1.75. The molecule has 0 atom stereocenters. The average Bonchev–Trinajstić information content (AvgIpc) is 2.80. The Morgan fingerprint density at radius 3 is 2.61 bits per heavy atom. The maximum atomic E-state index is 13.2. The van der Waals surface area contributed by atoms with Crippen molar-refractivity contribution in [2.75, 3.05) is 50.1 Å². The molecule has 2 N–H and O–H groups in total. The van der Waals surface area contributed by atoms with Gasteiger partial charge < -0.3 is 19.9 Å². The van der Waals surface area contributed by atoms with E-state index < -0.39 is 0 Å². The Morgan fingerprint density at radius 2 is 1.87 bits per heavy atom. The minimum Gasteiger partial charge on any atom is -0.496 e. The van der Waals surface area contributed by atoms with E-state index in [0.717, 1.165) is 91.3 Å². The van der Waals surface area contributed by atoms with Crippen molar-refractivity contribution in [2.24, 2.45) is 0 Å². The number of aromatic nitrogens is 1. The molecule has 1 saturated heterocycles. The highest BCUT2D eigenvalue weighted by atomic mass is 19.1. The fraction of sp³-hybridized carbons (Fsp3) is 0.375. The molecule has 0 unspecified atom stereocenters. The van der Waals surface area contributed by atoms with Crippen LogP contribution in [0.1, 0.15) is 17.5 Å². The molecular formula is C24H27FN4O2. The van der Waals surface area contributed by atoms with Crippen molar-refractivity contribution < 1.29 is 9.13 Å². The van der Waals surface area contributed by atoms with Crippen LogP contribution in [0.4, 0.5) is 15.8 Å². The summed E-state index contributed by atoms with van der Waals surface area (Å²) in [7, 11) is 1.68. The summed E-state index contributed by atoms with van der Waals surface area (Å²) in [5.41, 5.74) is 4.72. The van der Waals surface area contributed by atoms with E-state index in [9.17, 15) is 9.18 Å². The minimum absolute atomic E-state index is 0.0122. The fourth-order valence-electron chi connectivity index (χ4n) is 4.73. The molecule has 0 spiro atoms. The van der Waals surface area contributed by atoms with Gasteiger partial charge in [0.1, 0.15) is 11.6 Å². The monoisotopic (exact) mass is 422 g/mol.